The minimum atomic E-state index is -4.13. The molecular formula is C15H18F3NO2S. The zero-order valence-corrected chi connectivity index (χ0v) is 12.9. The van der Waals surface area contributed by atoms with Gasteiger partial charge in [-0.1, -0.05) is 19.3 Å². The van der Waals surface area contributed by atoms with Crippen LogP contribution in [0, 0.1) is 29.3 Å². The van der Waals surface area contributed by atoms with Gasteiger partial charge in [0.25, 0.3) is 0 Å². The number of sulfonamides is 1. The number of benzene rings is 1. The number of halogens is 3. The Kier molecular flexibility index (Phi) is 4.20. The summed E-state index contributed by atoms with van der Waals surface area (Å²) < 4.78 is 66.4. The predicted octanol–water partition coefficient (Wildman–Crippen LogP) is 3.30. The van der Waals surface area contributed by atoms with Crippen LogP contribution in [-0.4, -0.2) is 25.8 Å². The van der Waals surface area contributed by atoms with E-state index in [0.717, 1.165) is 31.7 Å². The molecule has 1 aliphatic carbocycles. The van der Waals surface area contributed by atoms with E-state index < -0.39 is 32.4 Å². The second-order valence-corrected chi connectivity index (χ2v) is 8.04. The number of fused-ring (bicyclic) bond motifs is 1. The molecule has 0 N–H and O–H groups in total. The lowest BCUT2D eigenvalue weighted by Crippen LogP contribution is -2.44. The first kappa shape index (κ1) is 15.8. The highest BCUT2D eigenvalue weighted by molar-refractivity contribution is 7.89. The number of piperidine rings is 1. The molecule has 7 heteroatoms. The molecule has 2 aliphatic rings. The highest BCUT2D eigenvalue weighted by Gasteiger charge is 2.38. The Hall–Kier alpha value is -1.08. The topological polar surface area (TPSA) is 37.4 Å². The van der Waals surface area contributed by atoms with Crippen molar-refractivity contribution in [1.29, 1.82) is 0 Å². The molecule has 22 heavy (non-hydrogen) atoms. The maximum atomic E-state index is 13.8. The van der Waals surface area contributed by atoms with Crippen molar-refractivity contribution >= 4 is 10.0 Å². The van der Waals surface area contributed by atoms with E-state index in [9.17, 15) is 21.6 Å². The van der Waals surface area contributed by atoms with E-state index in [1.165, 1.54) is 10.7 Å². The molecule has 2 atom stereocenters. The second kappa shape index (κ2) is 5.85. The van der Waals surface area contributed by atoms with Crippen LogP contribution in [-0.2, 0) is 10.0 Å². The van der Waals surface area contributed by atoms with Gasteiger partial charge in [-0.3, -0.25) is 0 Å². The predicted molar refractivity (Wildman–Crippen MR) is 75.1 cm³/mol. The molecule has 0 spiro atoms. The Morgan fingerprint density at radius 2 is 1.64 bits per heavy atom. The molecule has 0 radical (unpaired) electrons. The third-order valence-electron chi connectivity index (χ3n) is 4.87. The Morgan fingerprint density at radius 1 is 0.955 bits per heavy atom. The lowest BCUT2D eigenvalue weighted by Gasteiger charge is -2.40. The van der Waals surface area contributed by atoms with E-state index in [1.807, 2.05) is 0 Å². The van der Waals surface area contributed by atoms with Crippen molar-refractivity contribution in [2.24, 2.45) is 11.8 Å². The van der Waals surface area contributed by atoms with Gasteiger partial charge in [0, 0.05) is 13.1 Å². The third-order valence-corrected chi connectivity index (χ3v) is 6.75. The molecule has 3 rings (SSSR count). The lowest BCUT2D eigenvalue weighted by molar-refractivity contribution is 0.136. The van der Waals surface area contributed by atoms with Crippen LogP contribution in [0.5, 0.6) is 0 Å². The zero-order chi connectivity index (χ0) is 15.9. The van der Waals surface area contributed by atoms with E-state index in [4.69, 9.17) is 0 Å². The van der Waals surface area contributed by atoms with Crippen molar-refractivity contribution < 1.29 is 21.6 Å². The molecule has 0 bridgehead atoms. The fraction of sp³-hybridized carbons (Fsp3) is 0.600. The molecule has 0 amide bonds. The molecule has 1 heterocycles. The highest BCUT2D eigenvalue weighted by atomic mass is 32.2. The van der Waals surface area contributed by atoms with Crippen molar-refractivity contribution in [3.05, 3.63) is 29.6 Å². The number of rotatable bonds is 2. The van der Waals surface area contributed by atoms with Gasteiger partial charge in [-0.25, -0.2) is 21.6 Å². The molecule has 2 fully saturated rings. The van der Waals surface area contributed by atoms with Crippen molar-refractivity contribution in [3.63, 3.8) is 0 Å². The molecule has 1 saturated carbocycles. The smallest absolute Gasteiger partial charge is 0.207 e. The summed E-state index contributed by atoms with van der Waals surface area (Å²) in [4.78, 5) is -0.777. The lowest BCUT2D eigenvalue weighted by atomic mass is 9.76. The number of hydrogen-bond donors (Lipinski definition) is 0. The summed E-state index contributed by atoms with van der Waals surface area (Å²) in [6.45, 7) is 0.646. The Bertz CT molecular complexity index is 678. The van der Waals surface area contributed by atoms with Gasteiger partial charge in [0.1, 0.15) is 4.90 Å². The van der Waals surface area contributed by atoms with E-state index in [-0.39, 0.29) is 5.92 Å². The average molecular weight is 333 g/mol. The normalized spacial score (nSPS) is 26.7. The quantitative estimate of drug-likeness (QED) is 0.779. The van der Waals surface area contributed by atoms with Crippen molar-refractivity contribution in [2.45, 2.75) is 37.0 Å². The van der Waals surface area contributed by atoms with Gasteiger partial charge in [-0.2, -0.15) is 4.31 Å². The zero-order valence-electron chi connectivity index (χ0n) is 12.1. The summed E-state index contributed by atoms with van der Waals surface area (Å²) in [5.74, 6) is -3.96. The Balaban J connectivity index is 1.89. The fourth-order valence-electron chi connectivity index (χ4n) is 3.63. The van der Waals surface area contributed by atoms with E-state index >= 15 is 0 Å². The molecule has 3 nitrogen and oxygen atoms in total. The van der Waals surface area contributed by atoms with Crippen LogP contribution < -0.4 is 0 Å². The monoisotopic (exact) mass is 333 g/mol. The van der Waals surface area contributed by atoms with Crippen LogP contribution in [0.2, 0.25) is 0 Å². The summed E-state index contributed by atoms with van der Waals surface area (Å²) in [7, 11) is -4.13. The molecular weight excluding hydrogens is 315 g/mol. The average Bonchev–Trinajstić information content (AvgIpc) is 2.52. The summed E-state index contributed by atoms with van der Waals surface area (Å²) >= 11 is 0. The van der Waals surface area contributed by atoms with E-state index in [2.05, 4.69) is 0 Å². The van der Waals surface area contributed by atoms with E-state index in [1.54, 1.807) is 0 Å². The third kappa shape index (κ3) is 2.65. The van der Waals surface area contributed by atoms with Crippen LogP contribution in [0.3, 0.4) is 0 Å². The van der Waals surface area contributed by atoms with Gasteiger partial charge in [-0.05, 0) is 36.8 Å². The van der Waals surface area contributed by atoms with Crippen molar-refractivity contribution in [3.8, 4) is 0 Å². The minimum Gasteiger partial charge on any atom is -0.207 e. The minimum absolute atomic E-state index is 0.283. The maximum Gasteiger partial charge on any atom is 0.246 e. The van der Waals surface area contributed by atoms with Gasteiger partial charge >= 0.3 is 0 Å². The molecule has 1 saturated heterocycles. The van der Waals surface area contributed by atoms with E-state index in [0.29, 0.717) is 25.1 Å². The van der Waals surface area contributed by atoms with Gasteiger partial charge in [0.2, 0.25) is 10.0 Å². The van der Waals surface area contributed by atoms with Crippen LogP contribution in [0.15, 0.2) is 17.0 Å². The standard InChI is InChI=1S/C15H18F3NO2S/c16-12-5-6-13(15(18)14(12)17)22(20,21)19-8-7-10-3-1-2-4-11(10)9-19/h5-6,10-11H,1-4,7-9H2/t10-,11+/m0/s1. The van der Waals surface area contributed by atoms with Crippen LogP contribution in [0.4, 0.5) is 13.2 Å². The maximum absolute atomic E-state index is 13.8. The largest absolute Gasteiger partial charge is 0.246 e. The Morgan fingerprint density at radius 3 is 2.36 bits per heavy atom. The fourth-order valence-corrected chi connectivity index (χ4v) is 5.20. The molecule has 1 aliphatic heterocycles. The van der Waals surface area contributed by atoms with Crippen molar-refractivity contribution in [2.75, 3.05) is 13.1 Å². The van der Waals surface area contributed by atoms with Gasteiger partial charge in [0.05, 0.1) is 0 Å². The first-order chi connectivity index (χ1) is 10.4. The molecule has 0 aromatic heterocycles. The van der Waals surface area contributed by atoms with Gasteiger partial charge in [-0.15, -0.1) is 0 Å². The molecule has 1 aromatic carbocycles. The SMILES string of the molecule is O=S(=O)(c1ccc(F)c(F)c1F)N1CC[C@@H]2CCCC[C@@H]2C1. The summed E-state index contributed by atoms with van der Waals surface area (Å²) in [6, 6.07) is 1.45. The molecule has 122 valence electrons. The summed E-state index contributed by atoms with van der Waals surface area (Å²) in [5, 5.41) is 0. The summed E-state index contributed by atoms with van der Waals surface area (Å²) in [5.41, 5.74) is 0. The number of hydrogen-bond acceptors (Lipinski definition) is 2. The first-order valence-corrected chi connectivity index (χ1v) is 8.99. The Labute approximate surface area is 128 Å². The van der Waals surface area contributed by atoms with Gasteiger partial charge < -0.3 is 0 Å². The van der Waals surface area contributed by atoms with Gasteiger partial charge in [0.15, 0.2) is 17.5 Å². The summed E-state index contributed by atoms with van der Waals surface area (Å²) in [6.07, 6.45) is 5.07. The van der Waals surface area contributed by atoms with Crippen LogP contribution in [0.1, 0.15) is 32.1 Å². The first-order valence-electron chi connectivity index (χ1n) is 7.55. The molecule has 1 aromatic rings. The van der Waals surface area contributed by atoms with Crippen LogP contribution in [0.25, 0.3) is 0 Å². The highest BCUT2D eigenvalue weighted by Crippen LogP contribution is 2.38. The second-order valence-electron chi connectivity index (χ2n) is 6.13. The molecule has 0 unspecified atom stereocenters. The number of nitrogens with zero attached hydrogens (tertiary/aromatic N) is 1. The van der Waals surface area contributed by atoms with Crippen molar-refractivity contribution in [1.82, 2.24) is 4.31 Å². The van der Waals surface area contributed by atoms with Crippen LogP contribution >= 0.6 is 0 Å².